The maximum atomic E-state index is 11.4. The minimum Gasteiger partial charge on any atom is -0.368 e. The van der Waals surface area contributed by atoms with Gasteiger partial charge in [0.05, 0.1) is 12.1 Å². The van der Waals surface area contributed by atoms with Gasteiger partial charge in [-0.2, -0.15) is 0 Å². The Balaban J connectivity index is 2.51. The van der Waals surface area contributed by atoms with Crippen LogP contribution in [0.2, 0.25) is 0 Å². The van der Waals surface area contributed by atoms with Crippen molar-refractivity contribution in [2.24, 2.45) is 0 Å². The minimum atomic E-state index is -1.93. The highest BCUT2D eigenvalue weighted by atomic mass is 35.6. The molecule has 3 atom stereocenters. The topological polar surface area (TPSA) is 41.6 Å². The van der Waals surface area contributed by atoms with E-state index in [2.05, 4.69) is 11.9 Å². The van der Waals surface area contributed by atoms with E-state index in [-0.39, 0.29) is 18.2 Å². The molecular formula is C9H12Cl3NO2. The lowest BCUT2D eigenvalue weighted by Crippen LogP contribution is -2.44. The molecule has 3 nitrogen and oxygen atoms in total. The molecule has 1 amide bonds. The fourth-order valence-corrected chi connectivity index (χ4v) is 1.49. The Morgan fingerprint density at radius 1 is 1.67 bits per heavy atom. The van der Waals surface area contributed by atoms with Gasteiger partial charge in [-0.05, 0) is 13.3 Å². The zero-order valence-corrected chi connectivity index (χ0v) is 10.4. The molecule has 1 saturated heterocycles. The van der Waals surface area contributed by atoms with Crippen molar-refractivity contribution in [1.82, 2.24) is 5.32 Å². The average molecular weight is 273 g/mol. The Bertz CT molecular complexity index is 265. The van der Waals surface area contributed by atoms with E-state index in [1.165, 1.54) is 0 Å². The van der Waals surface area contributed by atoms with Crippen LogP contribution >= 0.6 is 34.8 Å². The molecule has 1 fully saturated rings. The van der Waals surface area contributed by atoms with E-state index >= 15 is 0 Å². The van der Waals surface area contributed by atoms with Gasteiger partial charge in [-0.1, -0.05) is 40.9 Å². The largest absolute Gasteiger partial charge is 0.368 e. The first kappa shape index (κ1) is 13.1. The molecule has 1 aliphatic heterocycles. The molecule has 0 bridgehead atoms. The minimum absolute atomic E-state index is 0.0145. The number of halogens is 3. The summed E-state index contributed by atoms with van der Waals surface area (Å²) in [5.74, 6) is -0.637. The Morgan fingerprint density at radius 3 is 2.53 bits per heavy atom. The number of ether oxygens (including phenoxy) is 1. The van der Waals surface area contributed by atoms with Crippen LogP contribution in [0.25, 0.3) is 0 Å². The first-order chi connectivity index (χ1) is 6.86. The third-order valence-corrected chi connectivity index (χ3v) is 2.66. The second kappa shape index (κ2) is 4.91. The van der Waals surface area contributed by atoms with E-state index in [1.54, 1.807) is 6.08 Å². The second-order valence-electron chi connectivity index (χ2n) is 3.41. The average Bonchev–Trinajstić information content (AvgIpc) is 2.80. The van der Waals surface area contributed by atoms with Crippen LogP contribution in [0.15, 0.2) is 12.7 Å². The summed E-state index contributed by atoms with van der Waals surface area (Å²) in [6.45, 7) is 5.52. The Hall–Kier alpha value is 0.0400. The van der Waals surface area contributed by atoms with E-state index < -0.39 is 9.70 Å². The van der Waals surface area contributed by atoms with Crippen molar-refractivity contribution in [3.63, 3.8) is 0 Å². The summed E-state index contributed by atoms with van der Waals surface area (Å²) >= 11 is 16.3. The highest BCUT2D eigenvalue weighted by Crippen LogP contribution is 2.30. The third kappa shape index (κ3) is 3.83. The van der Waals surface area contributed by atoms with Crippen molar-refractivity contribution < 1.29 is 9.53 Å². The van der Waals surface area contributed by atoms with E-state index in [4.69, 9.17) is 39.5 Å². The molecule has 0 unspecified atom stereocenters. The van der Waals surface area contributed by atoms with Crippen molar-refractivity contribution in [3.05, 3.63) is 12.7 Å². The number of carbonyl (C=O) groups is 1. The number of alkyl halides is 3. The molecule has 0 radical (unpaired) electrons. The summed E-state index contributed by atoms with van der Waals surface area (Å²) in [4.78, 5) is 11.4. The first-order valence-corrected chi connectivity index (χ1v) is 5.63. The van der Waals surface area contributed by atoms with Crippen molar-refractivity contribution in [1.29, 1.82) is 0 Å². The van der Waals surface area contributed by atoms with Crippen LogP contribution in [0.1, 0.15) is 13.3 Å². The molecule has 0 spiro atoms. The van der Waals surface area contributed by atoms with E-state index in [9.17, 15) is 4.79 Å². The normalized spacial score (nSPS) is 26.9. The second-order valence-corrected chi connectivity index (χ2v) is 5.69. The quantitative estimate of drug-likeness (QED) is 0.484. The van der Waals surface area contributed by atoms with Crippen LogP contribution in [0.4, 0.5) is 0 Å². The molecule has 15 heavy (non-hydrogen) atoms. The molecule has 1 rings (SSSR count). The SMILES string of the molecule is C=CC[C@H](NC(=O)C(Cl)(Cl)Cl)[C@H]1O[C@@H]1C. The molecule has 1 N–H and O–H groups in total. The third-order valence-electron chi connectivity index (χ3n) is 2.15. The molecule has 0 aliphatic carbocycles. The van der Waals surface area contributed by atoms with Gasteiger partial charge in [0, 0.05) is 0 Å². The zero-order valence-electron chi connectivity index (χ0n) is 8.17. The summed E-state index contributed by atoms with van der Waals surface area (Å²) in [6, 6.07) is -0.180. The Morgan fingerprint density at radius 2 is 2.20 bits per heavy atom. The zero-order chi connectivity index (χ0) is 11.6. The Labute approximate surface area is 104 Å². The van der Waals surface area contributed by atoms with Gasteiger partial charge in [-0.3, -0.25) is 4.79 Å². The highest BCUT2D eigenvalue weighted by Gasteiger charge is 2.43. The van der Waals surface area contributed by atoms with Gasteiger partial charge in [-0.25, -0.2) is 0 Å². The molecule has 0 saturated carbocycles. The van der Waals surface area contributed by atoms with Crippen molar-refractivity contribution >= 4 is 40.7 Å². The van der Waals surface area contributed by atoms with E-state index in [1.807, 2.05) is 6.92 Å². The van der Waals surface area contributed by atoms with Crippen LogP contribution < -0.4 is 5.32 Å². The maximum absolute atomic E-state index is 11.4. The summed E-state index contributed by atoms with van der Waals surface area (Å²) in [5.41, 5.74) is 0. The molecule has 1 heterocycles. The first-order valence-electron chi connectivity index (χ1n) is 4.50. The van der Waals surface area contributed by atoms with Gasteiger partial charge in [0.2, 0.25) is 0 Å². The number of epoxide rings is 1. The number of rotatable bonds is 4. The molecular weight excluding hydrogens is 260 g/mol. The van der Waals surface area contributed by atoms with E-state index in [0.29, 0.717) is 6.42 Å². The smallest absolute Gasteiger partial charge is 0.272 e. The standard InChI is InChI=1S/C9H12Cl3NO2/c1-3-4-6(7-5(2)15-7)13-8(14)9(10,11)12/h3,5-7H,1,4H2,2H3,(H,13,14)/t5-,6+,7+/m1/s1. The van der Waals surface area contributed by atoms with Gasteiger partial charge in [0.15, 0.2) is 0 Å². The van der Waals surface area contributed by atoms with E-state index in [0.717, 1.165) is 0 Å². The van der Waals surface area contributed by atoms with Gasteiger partial charge in [0.1, 0.15) is 6.10 Å². The van der Waals surface area contributed by atoms with Crippen LogP contribution in [-0.4, -0.2) is 27.9 Å². The van der Waals surface area contributed by atoms with Crippen LogP contribution in [-0.2, 0) is 9.53 Å². The number of hydrogen-bond donors (Lipinski definition) is 1. The van der Waals surface area contributed by atoms with Crippen molar-refractivity contribution in [3.8, 4) is 0 Å². The fraction of sp³-hybridized carbons (Fsp3) is 0.667. The highest BCUT2D eigenvalue weighted by molar-refractivity contribution is 6.76. The van der Waals surface area contributed by atoms with Gasteiger partial charge in [0.25, 0.3) is 9.70 Å². The number of hydrogen-bond acceptors (Lipinski definition) is 2. The summed E-state index contributed by atoms with van der Waals surface area (Å²) in [7, 11) is 0. The maximum Gasteiger partial charge on any atom is 0.272 e. The predicted octanol–water partition coefficient (Wildman–Crippen LogP) is 2.20. The monoisotopic (exact) mass is 271 g/mol. The van der Waals surface area contributed by atoms with Crippen molar-refractivity contribution in [2.75, 3.05) is 0 Å². The Kier molecular flexibility index (Phi) is 4.29. The molecule has 1 aliphatic rings. The van der Waals surface area contributed by atoms with Crippen molar-refractivity contribution in [2.45, 2.75) is 35.4 Å². The molecule has 86 valence electrons. The van der Waals surface area contributed by atoms with Gasteiger partial charge in [-0.15, -0.1) is 6.58 Å². The number of amides is 1. The predicted molar refractivity (Wildman–Crippen MR) is 61.4 cm³/mol. The van der Waals surface area contributed by atoms with Crippen LogP contribution in [0.5, 0.6) is 0 Å². The fourth-order valence-electron chi connectivity index (χ4n) is 1.33. The van der Waals surface area contributed by atoms with Crippen LogP contribution in [0, 0.1) is 0 Å². The lowest BCUT2D eigenvalue weighted by molar-refractivity contribution is -0.121. The summed E-state index contributed by atoms with van der Waals surface area (Å²) < 4.78 is 3.32. The van der Waals surface area contributed by atoms with Gasteiger partial charge < -0.3 is 10.1 Å². The summed E-state index contributed by atoms with van der Waals surface area (Å²) in [5, 5.41) is 2.62. The molecule has 0 aromatic rings. The lowest BCUT2D eigenvalue weighted by atomic mass is 10.1. The molecule has 0 aromatic carbocycles. The lowest BCUT2D eigenvalue weighted by Gasteiger charge is -2.18. The molecule has 0 aromatic heterocycles. The number of carbonyl (C=O) groups excluding carboxylic acids is 1. The molecule has 6 heteroatoms. The number of nitrogens with one attached hydrogen (secondary N) is 1. The van der Waals surface area contributed by atoms with Gasteiger partial charge >= 0.3 is 0 Å². The van der Waals surface area contributed by atoms with Crippen LogP contribution in [0.3, 0.4) is 0 Å². The summed E-state index contributed by atoms with van der Waals surface area (Å²) in [6.07, 6.45) is 2.39.